The van der Waals surface area contributed by atoms with Gasteiger partial charge in [-0.15, -0.1) is 0 Å². The summed E-state index contributed by atoms with van der Waals surface area (Å²) in [5, 5.41) is 3.10. The third-order valence-corrected chi connectivity index (χ3v) is 6.60. The Labute approximate surface area is 210 Å². The van der Waals surface area contributed by atoms with Crippen molar-refractivity contribution in [1.29, 1.82) is 0 Å². The van der Waals surface area contributed by atoms with Crippen LogP contribution in [-0.2, 0) is 4.79 Å². The predicted molar refractivity (Wildman–Crippen MR) is 139 cm³/mol. The number of para-hydroxylation sites is 1. The molecule has 1 N–H and O–H groups in total. The molecule has 0 aliphatic carbocycles. The average Bonchev–Trinajstić information content (AvgIpc) is 3.16. The van der Waals surface area contributed by atoms with Crippen LogP contribution in [0, 0.1) is 5.82 Å². The van der Waals surface area contributed by atoms with Crippen molar-refractivity contribution in [1.82, 2.24) is 15.2 Å². The third-order valence-electron chi connectivity index (χ3n) is 5.69. The normalized spacial score (nSPS) is 14.6. The molecule has 0 radical (unpaired) electrons. The fourth-order valence-corrected chi connectivity index (χ4v) is 4.77. The number of hydrogen-bond acceptors (Lipinski definition) is 5. The summed E-state index contributed by atoms with van der Waals surface area (Å²) in [6, 6.07) is 24.1. The van der Waals surface area contributed by atoms with Gasteiger partial charge in [-0.2, -0.15) is 0 Å². The van der Waals surface area contributed by atoms with E-state index >= 15 is 0 Å². The van der Waals surface area contributed by atoms with Crippen molar-refractivity contribution >= 4 is 45.8 Å². The number of pyridine rings is 1. The van der Waals surface area contributed by atoms with Crippen LogP contribution in [0.1, 0.15) is 15.9 Å². The summed E-state index contributed by atoms with van der Waals surface area (Å²) >= 11 is 0.885. The lowest BCUT2D eigenvalue weighted by Gasteiger charge is -2.14. The van der Waals surface area contributed by atoms with Crippen LogP contribution >= 0.6 is 11.8 Å². The highest BCUT2D eigenvalue weighted by molar-refractivity contribution is 8.18. The number of imide groups is 1. The van der Waals surface area contributed by atoms with Gasteiger partial charge < -0.3 is 5.32 Å². The molecule has 178 valence electrons. The van der Waals surface area contributed by atoms with E-state index in [0.717, 1.165) is 22.2 Å². The smallest absolute Gasteiger partial charge is 0.293 e. The Hall–Kier alpha value is -4.30. The van der Waals surface area contributed by atoms with E-state index in [0.29, 0.717) is 32.6 Å². The Bertz CT molecular complexity index is 1500. The van der Waals surface area contributed by atoms with Crippen molar-refractivity contribution in [3.63, 3.8) is 0 Å². The number of carbonyl (C=O) groups excluding carboxylic acids is 3. The Morgan fingerprint density at radius 3 is 2.47 bits per heavy atom. The molecule has 1 fully saturated rings. The van der Waals surface area contributed by atoms with Gasteiger partial charge in [0.25, 0.3) is 17.1 Å². The van der Waals surface area contributed by atoms with Crippen molar-refractivity contribution in [2.45, 2.75) is 0 Å². The number of hydrogen-bond donors (Lipinski definition) is 1. The Kier molecular flexibility index (Phi) is 6.60. The minimum Gasteiger partial charge on any atom is -0.350 e. The second kappa shape index (κ2) is 10.1. The van der Waals surface area contributed by atoms with Gasteiger partial charge in [-0.25, -0.2) is 9.37 Å². The number of rotatable bonds is 6. The molecule has 36 heavy (non-hydrogen) atoms. The minimum atomic E-state index is -0.379. The van der Waals surface area contributed by atoms with Crippen molar-refractivity contribution < 1.29 is 18.8 Å². The van der Waals surface area contributed by atoms with Gasteiger partial charge in [-0.1, -0.05) is 48.5 Å². The van der Waals surface area contributed by atoms with E-state index in [-0.39, 0.29) is 36.0 Å². The molecule has 3 amide bonds. The summed E-state index contributed by atoms with van der Waals surface area (Å²) in [6.45, 7) is 0.147. The lowest BCUT2D eigenvalue weighted by atomic mass is 10.0. The average molecular weight is 498 g/mol. The highest BCUT2D eigenvalue weighted by Gasteiger charge is 2.34. The molecule has 0 spiro atoms. The van der Waals surface area contributed by atoms with E-state index in [1.165, 1.54) is 12.1 Å². The number of carbonyl (C=O) groups is 3. The summed E-state index contributed by atoms with van der Waals surface area (Å²) in [4.78, 5) is 44.4. The maximum atomic E-state index is 13.4. The molecule has 0 saturated carbocycles. The van der Waals surface area contributed by atoms with Gasteiger partial charge in [0.1, 0.15) is 5.82 Å². The molecule has 3 aromatic carbocycles. The van der Waals surface area contributed by atoms with Crippen molar-refractivity contribution in [2.75, 3.05) is 13.1 Å². The second-order valence-electron chi connectivity index (χ2n) is 8.08. The number of fused-ring (bicyclic) bond motifs is 1. The van der Waals surface area contributed by atoms with Crippen LogP contribution in [0.2, 0.25) is 0 Å². The fourth-order valence-electron chi connectivity index (χ4n) is 3.90. The summed E-state index contributed by atoms with van der Waals surface area (Å²) in [6.07, 6.45) is 1.68. The SMILES string of the molecule is O=C(NCCN1C(=O)S/C(=C\c2ccccc2)C1=O)c1cc(-c2ccc(F)cc2)nc2ccccc12. The van der Waals surface area contributed by atoms with Crippen LogP contribution in [0.5, 0.6) is 0 Å². The zero-order valence-corrected chi connectivity index (χ0v) is 19.8. The van der Waals surface area contributed by atoms with Crippen molar-refractivity contribution in [3.05, 3.63) is 107 Å². The number of halogens is 1. The zero-order valence-electron chi connectivity index (χ0n) is 19.0. The maximum absolute atomic E-state index is 13.4. The molecule has 0 unspecified atom stereocenters. The first-order valence-electron chi connectivity index (χ1n) is 11.2. The van der Waals surface area contributed by atoms with Gasteiger partial charge in [0.05, 0.1) is 21.7 Å². The number of benzene rings is 3. The molecule has 1 aliphatic rings. The fraction of sp³-hybridized carbons (Fsp3) is 0.0714. The van der Waals surface area contributed by atoms with Gasteiger partial charge in [0.15, 0.2) is 0 Å². The van der Waals surface area contributed by atoms with Crippen LogP contribution < -0.4 is 5.32 Å². The number of amides is 3. The minimum absolute atomic E-state index is 0.0520. The van der Waals surface area contributed by atoms with Gasteiger partial charge >= 0.3 is 0 Å². The van der Waals surface area contributed by atoms with Crippen LogP contribution in [0.3, 0.4) is 0 Å². The monoisotopic (exact) mass is 497 g/mol. The van der Waals surface area contributed by atoms with E-state index < -0.39 is 0 Å². The van der Waals surface area contributed by atoms with Crippen LogP contribution in [0.4, 0.5) is 9.18 Å². The van der Waals surface area contributed by atoms with Gasteiger partial charge in [0, 0.05) is 24.0 Å². The summed E-state index contributed by atoms with van der Waals surface area (Å²) in [7, 11) is 0. The Balaban J connectivity index is 1.32. The molecule has 1 saturated heterocycles. The summed E-state index contributed by atoms with van der Waals surface area (Å²) in [5.41, 5.74) is 3.08. The van der Waals surface area contributed by atoms with E-state index in [2.05, 4.69) is 10.3 Å². The van der Waals surface area contributed by atoms with Gasteiger partial charge in [-0.05, 0) is 59.8 Å². The molecule has 2 heterocycles. The quantitative estimate of drug-likeness (QED) is 0.356. The lowest BCUT2D eigenvalue weighted by Crippen LogP contribution is -2.37. The molecular weight excluding hydrogens is 477 g/mol. The highest BCUT2D eigenvalue weighted by Crippen LogP contribution is 2.32. The van der Waals surface area contributed by atoms with Crippen molar-refractivity contribution in [3.8, 4) is 11.3 Å². The first-order valence-corrected chi connectivity index (χ1v) is 12.1. The van der Waals surface area contributed by atoms with Crippen LogP contribution in [0.25, 0.3) is 28.2 Å². The number of aromatic nitrogens is 1. The summed E-state index contributed by atoms with van der Waals surface area (Å²) < 4.78 is 13.4. The van der Waals surface area contributed by atoms with Crippen molar-refractivity contribution in [2.24, 2.45) is 0 Å². The molecule has 4 aromatic rings. The Morgan fingerprint density at radius 1 is 0.972 bits per heavy atom. The summed E-state index contributed by atoms with van der Waals surface area (Å²) in [5.74, 6) is -1.09. The number of nitrogens with zero attached hydrogens (tertiary/aromatic N) is 2. The largest absolute Gasteiger partial charge is 0.350 e. The first-order chi connectivity index (χ1) is 17.5. The standard InChI is InChI=1S/C28H20FN3O3S/c29-20-12-10-19(11-13-20)24-17-22(21-8-4-5-9-23(21)31-24)26(33)30-14-15-32-27(34)25(36-28(32)35)16-18-6-2-1-3-7-18/h1-13,16-17H,14-15H2,(H,30,33)/b25-16-. The molecule has 8 heteroatoms. The second-order valence-corrected chi connectivity index (χ2v) is 9.07. The number of thioether (sulfide) groups is 1. The van der Waals surface area contributed by atoms with Gasteiger partial charge in [-0.3, -0.25) is 19.3 Å². The number of nitrogens with one attached hydrogen (secondary N) is 1. The molecule has 0 bridgehead atoms. The topological polar surface area (TPSA) is 79.4 Å². The van der Waals surface area contributed by atoms with Crippen LogP contribution in [-0.4, -0.2) is 40.0 Å². The zero-order chi connectivity index (χ0) is 25.1. The maximum Gasteiger partial charge on any atom is 0.293 e. The molecular formula is C28H20FN3O3S. The van der Waals surface area contributed by atoms with Gasteiger partial charge in [0.2, 0.25) is 0 Å². The predicted octanol–water partition coefficient (Wildman–Crippen LogP) is 5.51. The van der Waals surface area contributed by atoms with E-state index in [4.69, 9.17) is 0 Å². The molecule has 0 atom stereocenters. The van der Waals surface area contributed by atoms with E-state index in [1.807, 2.05) is 42.5 Å². The molecule has 5 rings (SSSR count). The third kappa shape index (κ3) is 4.89. The lowest BCUT2D eigenvalue weighted by molar-refractivity contribution is -0.122. The Morgan fingerprint density at radius 2 is 1.69 bits per heavy atom. The van der Waals surface area contributed by atoms with E-state index in [1.54, 1.807) is 36.4 Å². The van der Waals surface area contributed by atoms with E-state index in [9.17, 15) is 18.8 Å². The first kappa shape index (κ1) is 23.4. The molecule has 6 nitrogen and oxygen atoms in total. The van der Waals surface area contributed by atoms with Crippen LogP contribution in [0.15, 0.2) is 89.8 Å². The molecule has 1 aliphatic heterocycles. The molecule has 1 aromatic heterocycles. The highest BCUT2D eigenvalue weighted by atomic mass is 32.2.